The molecule has 0 radical (unpaired) electrons. The van der Waals surface area contributed by atoms with Gasteiger partial charge in [-0.1, -0.05) is 18.2 Å². The molecule has 0 atom stereocenters. The third-order valence-corrected chi connectivity index (χ3v) is 7.18. The van der Waals surface area contributed by atoms with Gasteiger partial charge in [-0.05, 0) is 113 Å². The van der Waals surface area contributed by atoms with E-state index in [1.807, 2.05) is 39.0 Å². The number of amides is 2. The summed E-state index contributed by atoms with van der Waals surface area (Å²) in [5, 5.41) is 2.80. The Bertz CT molecular complexity index is 1300. The molecule has 2 aromatic carbocycles. The minimum absolute atomic E-state index is 0.0719. The van der Waals surface area contributed by atoms with E-state index in [0.29, 0.717) is 5.69 Å². The van der Waals surface area contributed by atoms with E-state index in [-0.39, 0.29) is 16.2 Å². The molecular weight excluding hydrogens is 442 g/mol. The first-order valence-corrected chi connectivity index (χ1v) is 12.0. The minimum atomic E-state index is -0.475. The van der Waals surface area contributed by atoms with Crippen LogP contribution in [0.15, 0.2) is 42.0 Å². The van der Waals surface area contributed by atoms with E-state index in [1.165, 1.54) is 16.2 Å². The van der Waals surface area contributed by atoms with E-state index in [9.17, 15) is 9.59 Å². The van der Waals surface area contributed by atoms with Crippen molar-refractivity contribution >= 4 is 52.2 Å². The molecule has 2 heterocycles. The molecule has 1 fully saturated rings. The zero-order valence-corrected chi connectivity index (χ0v) is 21.7. The van der Waals surface area contributed by atoms with Gasteiger partial charge >= 0.3 is 0 Å². The second kappa shape index (κ2) is 8.51. The van der Waals surface area contributed by atoms with E-state index >= 15 is 0 Å². The number of nitrogens with one attached hydrogen (secondary N) is 1. The van der Waals surface area contributed by atoms with Crippen LogP contribution in [0.1, 0.15) is 55.5 Å². The molecule has 0 unspecified atom stereocenters. The predicted molar refractivity (Wildman–Crippen MR) is 144 cm³/mol. The van der Waals surface area contributed by atoms with Gasteiger partial charge in [0.1, 0.15) is 5.57 Å². The van der Waals surface area contributed by atoms with Gasteiger partial charge < -0.3 is 4.90 Å². The van der Waals surface area contributed by atoms with Crippen molar-refractivity contribution in [3.63, 3.8) is 0 Å². The molecule has 0 aliphatic carbocycles. The molecule has 6 heteroatoms. The van der Waals surface area contributed by atoms with Crippen molar-refractivity contribution in [1.29, 1.82) is 0 Å². The molecule has 2 aliphatic rings. The van der Waals surface area contributed by atoms with Gasteiger partial charge in [-0.25, -0.2) is 0 Å². The zero-order valence-electron chi connectivity index (χ0n) is 20.9. The van der Waals surface area contributed by atoms with Crippen molar-refractivity contribution in [2.24, 2.45) is 0 Å². The van der Waals surface area contributed by atoms with Gasteiger partial charge in [-0.15, -0.1) is 0 Å². The normalized spacial score (nSPS) is 18.7. The molecule has 0 saturated carbocycles. The van der Waals surface area contributed by atoms with Crippen molar-refractivity contribution in [3.05, 3.63) is 69.8 Å². The average Bonchev–Trinajstić information content (AvgIpc) is 2.74. The molecule has 2 aliphatic heterocycles. The van der Waals surface area contributed by atoms with E-state index in [4.69, 9.17) is 12.2 Å². The molecule has 1 saturated heterocycles. The zero-order chi connectivity index (χ0) is 24.9. The van der Waals surface area contributed by atoms with Crippen molar-refractivity contribution in [2.45, 2.75) is 54.0 Å². The molecule has 0 bridgehead atoms. The lowest BCUT2D eigenvalue weighted by Gasteiger charge is -2.43. The number of anilines is 2. The quantitative estimate of drug-likeness (QED) is 0.365. The van der Waals surface area contributed by atoms with Crippen LogP contribution >= 0.6 is 12.2 Å². The SMILES string of the molecule is CCN1c2cc(C)c(/C=C3/C(=O)NC(=S)N(c4cccc(C)c4C)C3=O)cc2C(C)=CC1(C)C. The molecular formula is C28H31N3O2S. The number of carbonyl (C=O) groups excluding carboxylic acids is 2. The Morgan fingerprint density at radius 1 is 1.03 bits per heavy atom. The smallest absolute Gasteiger partial charge is 0.270 e. The minimum Gasteiger partial charge on any atom is -0.363 e. The summed E-state index contributed by atoms with van der Waals surface area (Å²) < 4.78 is 0. The number of carbonyl (C=O) groups is 2. The highest BCUT2D eigenvalue weighted by atomic mass is 32.1. The standard InChI is InChI=1S/C28H31N3O2S/c1-8-30-24-12-17(3)20(13-21(24)18(4)15-28(30,6)7)14-22-25(32)29-27(34)31(26(22)33)23-11-9-10-16(2)19(23)5/h9-15H,8H2,1-7H3,(H,29,32,34)/b22-14-. The van der Waals surface area contributed by atoms with Crippen LogP contribution in [0.5, 0.6) is 0 Å². The maximum atomic E-state index is 13.6. The highest BCUT2D eigenvalue weighted by molar-refractivity contribution is 7.80. The first-order valence-electron chi connectivity index (χ1n) is 11.6. The van der Waals surface area contributed by atoms with Crippen LogP contribution in [0, 0.1) is 20.8 Å². The maximum Gasteiger partial charge on any atom is 0.270 e. The van der Waals surface area contributed by atoms with Crippen LogP contribution in [0.2, 0.25) is 0 Å². The van der Waals surface area contributed by atoms with Gasteiger partial charge in [0, 0.05) is 17.8 Å². The molecule has 176 valence electrons. The van der Waals surface area contributed by atoms with Gasteiger partial charge in [-0.2, -0.15) is 0 Å². The van der Waals surface area contributed by atoms with Gasteiger partial charge in [0.2, 0.25) is 0 Å². The first kappa shape index (κ1) is 23.9. The fraction of sp³-hybridized carbons (Fsp3) is 0.321. The summed E-state index contributed by atoms with van der Waals surface area (Å²) in [6.07, 6.45) is 3.96. The number of fused-ring (bicyclic) bond motifs is 1. The molecule has 4 rings (SSSR count). The third-order valence-electron chi connectivity index (χ3n) is 6.90. The van der Waals surface area contributed by atoms with Crippen LogP contribution in [0.25, 0.3) is 11.6 Å². The van der Waals surface area contributed by atoms with Gasteiger partial charge in [-0.3, -0.25) is 19.8 Å². The number of thiocarbonyl (C=S) groups is 1. The highest BCUT2D eigenvalue weighted by Crippen LogP contribution is 2.40. The molecule has 5 nitrogen and oxygen atoms in total. The van der Waals surface area contributed by atoms with E-state index in [1.54, 1.807) is 6.08 Å². The second-order valence-electron chi connectivity index (χ2n) is 9.63. The number of hydrogen-bond acceptors (Lipinski definition) is 4. The van der Waals surface area contributed by atoms with Crippen LogP contribution in [-0.2, 0) is 9.59 Å². The Kier molecular flexibility index (Phi) is 5.98. The highest BCUT2D eigenvalue weighted by Gasteiger charge is 2.36. The largest absolute Gasteiger partial charge is 0.363 e. The van der Waals surface area contributed by atoms with Crippen LogP contribution in [-0.4, -0.2) is 29.0 Å². The van der Waals surface area contributed by atoms with Crippen molar-refractivity contribution in [2.75, 3.05) is 16.3 Å². The molecule has 34 heavy (non-hydrogen) atoms. The van der Waals surface area contributed by atoms with Crippen LogP contribution in [0.4, 0.5) is 11.4 Å². The van der Waals surface area contributed by atoms with E-state index in [0.717, 1.165) is 34.4 Å². The monoisotopic (exact) mass is 473 g/mol. The molecule has 2 aromatic rings. The lowest BCUT2D eigenvalue weighted by atomic mass is 9.86. The van der Waals surface area contributed by atoms with Gasteiger partial charge in [0.05, 0.1) is 11.2 Å². The predicted octanol–water partition coefficient (Wildman–Crippen LogP) is 5.46. The lowest BCUT2D eigenvalue weighted by Crippen LogP contribution is -2.54. The summed E-state index contributed by atoms with van der Waals surface area (Å²) in [6, 6.07) is 9.95. The number of rotatable bonds is 3. The summed E-state index contributed by atoms with van der Waals surface area (Å²) in [5.41, 5.74) is 7.98. The number of aryl methyl sites for hydroxylation is 2. The summed E-state index contributed by atoms with van der Waals surface area (Å²) >= 11 is 5.39. The molecule has 1 N–H and O–H groups in total. The number of allylic oxidation sites excluding steroid dienone is 1. The Hall–Kier alpha value is -3.25. The fourth-order valence-corrected chi connectivity index (χ4v) is 5.26. The molecule has 0 aromatic heterocycles. The topological polar surface area (TPSA) is 52.7 Å². The van der Waals surface area contributed by atoms with E-state index < -0.39 is 11.8 Å². The summed E-state index contributed by atoms with van der Waals surface area (Å²) in [7, 11) is 0. The maximum absolute atomic E-state index is 13.6. The van der Waals surface area contributed by atoms with Crippen molar-refractivity contribution in [1.82, 2.24) is 5.32 Å². The summed E-state index contributed by atoms with van der Waals surface area (Å²) in [5.74, 6) is -0.889. The third kappa shape index (κ3) is 3.86. The van der Waals surface area contributed by atoms with E-state index in [2.05, 4.69) is 56.1 Å². The second-order valence-corrected chi connectivity index (χ2v) is 10.0. The van der Waals surface area contributed by atoms with Crippen LogP contribution < -0.4 is 15.1 Å². The molecule has 0 spiro atoms. The first-order chi connectivity index (χ1) is 16.0. The Balaban J connectivity index is 1.82. The number of likely N-dealkylation sites (N-methyl/N-ethyl adjacent to an activating group) is 1. The summed E-state index contributed by atoms with van der Waals surface area (Å²) in [6.45, 7) is 15.5. The number of nitrogens with zero attached hydrogens (tertiary/aromatic N) is 2. The van der Waals surface area contributed by atoms with Gasteiger partial charge in [0.15, 0.2) is 5.11 Å². The van der Waals surface area contributed by atoms with Crippen molar-refractivity contribution in [3.8, 4) is 0 Å². The number of benzene rings is 2. The van der Waals surface area contributed by atoms with Gasteiger partial charge in [0.25, 0.3) is 11.8 Å². The Morgan fingerprint density at radius 3 is 2.41 bits per heavy atom. The molecule has 2 amide bonds. The Labute approximate surface area is 207 Å². The number of hydrogen-bond donors (Lipinski definition) is 1. The average molecular weight is 474 g/mol. The summed E-state index contributed by atoms with van der Waals surface area (Å²) in [4.78, 5) is 30.2. The Morgan fingerprint density at radius 2 is 1.74 bits per heavy atom. The fourth-order valence-electron chi connectivity index (χ4n) is 4.99. The lowest BCUT2D eigenvalue weighted by molar-refractivity contribution is -0.122. The van der Waals surface area contributed by atoms with Crippen LogP contribution in [0.3, 0.4) is 0 Å². The van der Waals surface area contributed by atoms with Crippen molar-refractivity contribution < 1.29 is 9.59 Å².